The van der Waals surface area contributed by atoms with Gasteiger partial charge in [0.05, 0.1) is 11.1 Å². The van der Waals surface area contributed by atoms with E-state index in [1.54, 1.807) is 22.7 Å². The number of thiophene rings is 1. The van der Waals surface area contributed by atoms with E-state index in [1.165, 1.54) is 44.3 Å². The summed E-state index contributed by atoms with van der Waals surface area (Å²) in [7, 11) is 0. The molecule has 1 unspecified atom stereocenters. The predicted octanol–water partition coefficient (Wildman–Crippen LogP) is 5.40. The first kappa shape index (κ1) is 19.2. The molecule has 2 aliphatic rings. The number of rotatable bonds is 6. The second-order valence-corrected chi connectivity index (χ2v) is 10.6. The molecule has 2 fully saturated rings. The number of fused-ring (bicyclic) bond motifs is 1. The number of hydrogen-bond acceptors (Lipinski definition) is 8. The first-order valence-corrected chi connectivity index (χ1v) is 12.2. The van der Waals surface area contributed by atoms with E-state index in [1.807, 2.05) is 0 Å². The number of aromatic nitrogens is 3. The monoisotopic (exact) mass is 428 g/mol. The van der Waals surface area contributed by atoms with Gasteiger partial charge in [0, 0.05) is 24.0 Å². The average Bonchev–Trinajstić information content (AvgIpc) is 3.06. The van der Waals surface area contributed by atoms with Gasteiger partial charge in [-0.3, -0.25) is 10.2 Å². The standard InChI is InChI=1S/C21H28N6S2/c1-13-5-4-8-27(9-13)10-15-12-29-20(22-15)25-19-23-17(26-21(3)6-7-21)16-14(2)11-28-18(16)24-19/h11-13H,4-10H2,1-3H3,(H2,22,23,24,25,26). The molecule has 4 heterocycles. The maximum absolute atomic E-state index is 4.82. The van der Waals surface area contributed by atoms with Crippen molar-refractivity contribution in [2.75, 3.05) is 23.7 Å². The number of piperidine rings is 1. The van der Waals surface area contributed by atoms with Crippen LogP contribution in [0.15, 0.2) is 10.8 Å². The quantitative estimate of drug-likeness (QED) is 0.548. The number of aryl methyl sites for hydroxylation is 1. The summed E-state index contributed by atoms with van der Waals surface area (Å²) >= 11 is 3.30. The zero-order chi connectivity index (χ0) is 20.0. The van der Waals surface area contributed by atoms with Crippen molar-refractivity contribution in [3.8, 4) is 0 Å². The first-order chi connectivity index (χ1) is 14.0. The molecule has 6 nitrogen and oxygen atoms in total. The number of nitrogens with zero attached hydrogens (tertiary/aromatic N) is 4. The summed E-state index contributed by atoms with van der Waals surface area (Å²) in [5.74, 6) is 2.35. The Kier molecular flexibility index (Phi) is 4.96. The molecule has 154 valence electrons. The van der Waals surface area contributed by atoms with Crippen LogP contribution in [0.3, 0.4) is 0 Å². The van der Waals surface area contributed by atoms with Crippen molar-refractivity contribution in [1.82, 2.24) is 19.9 Å². The molecule has 5 rings (SSSR count). The molecule has 1 aliphatic heterocycles. The zero-order valence-corrected chi connectivity index (χ0v) is 18.9. The van der Waals surface area contributed by atoms with Crippen LogP contribution in [-0.4, -0.2) is 38.5 Å². The molecule has 3 aromatic heterocycles. The lowest BCUT2D eigenvalue weighted by atomic mass is 10.0. The van der Waals surface area contributed by atoms with Gasteiger partial charge >= 0.3 is 0 Å². The molecule has 29 heavy (non-hydrogen) atoms. The van der Waals surface area contributed by atoms with Crippen molar-refractivity contribution in [3.05, 3.63) is 22.0 Å². The van der Waals surface area contributed by atoms with E-state index in [0.29, 0.717) is 5.95 Å². The lowest BCUT2D eigenvalue weighted by Crippen LogP contribution is -2.33. The maximum Gasteiger partial charge on any atom is 0.232 e. The van der Waals surface area contributed by atoms with Crippen LogP contribution in [0.5, 0.6) is 0 Å². The summed E-state index contributed by atoms with van der Waals surface area (Å²) in [4.78, 5) is 17.9. The van der Waals surface area contributed by atoms with Gasteiger partial charge in [-0.05, 0) is 62.9 Å². The van der Waals surface area contributed by atoms with Gasteiger partial charge in [0.25, 0.3) is 0 Å². The van der Waals surface area contributed by atoms with Crippen LogP contribution >= 0.6 is 22.7 Å². The van der Waals surface area contributed by atoms with E-state index in [4.69, 9.17) is 15.0 Å². The maximum atomic E-state index is 4.82. The Hall–Kier alpha value is -1.77. The predicted molar refractivity (Wildman–Crippen MR) is 122 cm³/mol. The summed E-state index contributed by atoms with van der Waals surface area (Å²) in [5, 5.41) is 13.3. The largest absolute Gasteiger partial charge is 0.364 e. The third-order valence-electron chi connectivity index (χ3n) is 5.93. The molecular formula is C21H28N6S2. The average molecular weight is 429 g/mol. The zero-order valence-electron chi connectivity index (χ0n) is 17.3. The van der Waals surface area contributed by atoms with Crippen molar-refractivity contribution in [1.29, 1.82) is 0 Å². The molecule has 0 bridgehead atoms. The summed E-state index contributed by atoms with van der Waals surface area (Å²) in [6.45, 7) is 10.0. The van der Waals surface area contributed by atoms with E-state index in [9.17, 15) is 0 Å². The van der Waals surface area contributed by atoms with E-state index < -0.39 is 0 Å². The van der Waals surface area contributed by atoms with Gasteiger partial charge in [-0.1, -0.05) is 6.92 Å². The van der Waals surface area contributed by atoms with Crippen LogP contribution < -0.4 is 10.6 Å². The molecule has 0 aromatic carbocycles. The van der Waals surface area contributed by atoms with Gasteiger partial charge in [-0.2, -0.15) is 4.98 Å². The fraction of sp³-hybridized carbons (Fsp3) is 0.571. The molecular weight excluding hydrogens is 400 g/mol. The SMILES string of the molecule is Cc1csc2nc(Nc3nc(CN4CCCC(C)C4)cs3)nc(NC3(C)CC3)c12. The summed E-state index contributed by atoms with van der Waals surface area (Å²) in [6.07, 6.45) is 5.02. The molecule has 8 heteroatoms. The second kappa shape index (κ2) is 7.49. The molecule has 1 atom stereocenters. The lowest BCUT2D eigenvalue weighted by Gasteiger charge is -2.30. The number of nitrogens with one attached hydrogen (secondary N) is 2. The van der Waals surface area contributed by atoms with Crippen LogP contribution in [0.25, 0.3) is 10.2 Å². The van der Waals surface area contributed by atoms with Crippen LogP contribution in [0.1, 0.15) is 50.8 Å². The van der Waals surface area contributed by atoms with Crippen molar-refractivity contribution in [2.24, 2.45) is 5.92 Å². The Bertz CT molecular complexity index is 1020. The Balaban J connectivity index is 1.34. The Morgan fingerprint density at radius 2 is 2.07 bits per heavy atom. The fourth-order valence-electron chi connectivity index (χ4n) is 4.02. The van der Waals surface area contributed by atoms with Gasteiger partial charge in [0.2, 0.25) is 5.95 Å². The number of likely N-dealkylation sites (tertiary alicyclic amines) is 1. The highest BCUT2D eigenvalue weighted by Crippen LogP contribution is 2.41. The van der Waals surface area contributed by atoms with Crippen LogP contribution in [-0.2, 0) is 6.54 Å². The molecule has 3 aromatic rings. The van der Waals surface area contributed by atoms with Gasteiger partial charge < -0.3 is 5.32 Å². The molecule has 1 saturated carbocycles. The highest BCUT2D eigenvalue weighted by molar-refractivity contribution is 7.17. The van der Waals surface area contributed by atoms with E-state index in [0.717, 1.165) is 39.3 Å². The normalized spacial score (nSPS) is 21.4. The molecule has 1 saturated heterocycles. The summed E-state index contributed by atoms with van der Waals surface area (Å²) < 4.78 is 0. The summed E-state index contributed by atoms with van der Waals surface area (Å²) in [6, 6.07) is 0. The Labute approximate surface area is 179 Å². The van der Waals surface area contributed by atoms with Crippen molar-refractivity contribution in [2.45, 2.75) is 58.5 Å². The minimum atomic E-state index is 0.173. The van der Waals surface area contributed by atoms with Crippen molar-refractivity contribution in [3.63, 3.8) is 0 Å². The smallest absolute Gasteiger partial charge is 0.232 e. The number of thiazole rings is 1. The Morgan fingerprint density at radius 1 is 1.21 bits per heavy atom. The molecule has 2 N–H and O–H groups in total. The molecule has 0 spiro atoms. The topological polar surface area (TPSA) is 66.0 Å². The van der Waals surface area contributed by atoms with E-state index in [-0.39, 0.29) is 5.54 Å². The van der Waals surface area contributed by atoms with Crippen LogP contribution in [0, 0.1) is 12.8 Å². The van der Waals surface area contributed by atoms with E-state index >= 15 is 0 Å². The molecule has 0 radical (unpaired) electrons. The van der Waals surface area contributed by atoms with Crippen molar-refractivity contribution < 1.29 is 0 Å². The highest BCUT2D eigenvalue weighted by atomic mass is 32.1. The van der Waals surface area contributed by atoms with Crippen LogP contribution in [0.2, 0.25) is 0 Å². The molecule has 0 amide bonds. The molecule has 1 aliphatic carbocycles. The minimum Gasteiger partial charge on any atom is -0.364 e. The number of hydrogen-bond donors (Lipinski definition) is 2. The van der Waals surface area contributed by atoms with Crippen LogP contribution in [0.4, 0.5) is 16.9 Å². The second-order valence-electron chi connectivity index (χ2n) is 8.93. The minimum absolute atomic E-state index is 0.173. The van der Waals surface area contributed by atoms with Gasteiger partial charge in [-0.15, -0.1) is 22.7 Å². The van der Waals surface area contributed by atoms with Gasteiger partial charge in [0.1, 0.15) is 10.6 Å². The van der Waals surface area contributed by atoms with Crippen molar-refractivity contribution >= 4 is 49.8 Å². The Morgan fingerprint density at radius 3 is 2.86 bits per heavy atom. The van der Waals surface area contributed by atoms with Gasteiger partial charge in [0.15, 0.2) is 5.13 Å². The lowest BCUT2D eigenvalue weighted by molar-refractivity contribution is 0.175. The van der Waals surface area contributed by atoms with Gasteiger partial charge in [-0.25, -0.2) is 9.97 Å². The van der Waals surface area contributed by atoms with E-state index in [2.05, 4.69) is 47.1 Å². The summed E-state index contributed by atoms with van der Waals surface area (Å²) in [5.41, 5.74) is 2.53. The third kappa shape index (κ3) is 4.25. The number of anilines is 3. The third-order valence-corrected chi connectivity index (χ3v) is 7.73. The highest BCUT2D eigenvalue weighted by Gasteiger charge is 2.38. The fourth-order valence-corrected chi connectivity index (χ4v) is 5.64. The first-order valence-electron chi connectivity index (χ1n) is 10.5.